The molecule has 1 saturated heterocycles. The summed E-state index contributed by atoms with van der Waals surface area (Å²) in [5.74, 6) is 2.29. The molecule has 0 bridgehead atoms. The van der Waals surface area contributed by atoms with Crippen molar-refractivity contribution in [2.45, 2.75) is 38.8 Å². The number of benzene rings is 1. The highest BCUT2D eigenvalue weighted by atomic mass is 19.1. The van der Waals surface area contributed by atoms with Crippen molar-refractivity contribution in [2.75, 3.05) is 19.8 Å². The Balaban J connectivity index is 1.49. The average molecular weight is 342 g/mol. The van der Waals surface area contributed by atoms with Crippen LogP contribution in [0.4, 0.5) is 4.39 Å². The molecule has 3 aromatic rings. The van der Waals surface area contributed by atoms with Gasteiger partial charge in [-0.25, -0.2) is 19.0 Å². The molecule has 2 aromatic heterocycles. The Labute approximate surface area is 146 Å². The number of aromatic amines is 1. The lowest BCUT2D eigenvalue weighted by molar-refractivity contribution is 0.189. The maximum atomic E-state index is 12.6. The molecule has 6 nitrogen and oxygen atoms in total. The minimum atomic E-state index is -0.419. The van der Waals surface area contributed by atoms with Gasteiger partial charge in [0, 0.05) is 12.5 Å². The molecular formula is C18H23FN6. The van der Waals surface area contributed by atoms with Crippen LogP contribution in [0.5, 0.6) is 0 Å². The molecule has 0 spiro atoms. The number of imidazole rings is 1. The molecule has 1 aromatic carbocycles. The summed E-state index contributed by atoms with van der Waals surface area (Å²) in [5, 5.41) is 4.11. The van der Waals surface area contributed by atoms with Crippen LogP contribution in [0, 0.1) is 6.92 Å². The molecule has 0 aliphatic carbocycles. The highest BCUT2D eigenvalue weighted by Gasteiger charge is 2.25. The van der Waals surface area contributed by atoms with Crippen molar-refractivity contribution in [1.82, 2.24) is 29.6 Å². The predicted molar refractivity (Wildman–Crippen MR) is 94.1 cm³/mol. The van der Waals surface area contributed by atoms with E-state index < -0.39 is 6.67 Å². The number of H-pyrrole nitrogens is 1. The molecule has 1 fully saturated rings. The molecular weight excluding hydrogens is 319 g/mol. The van der Waals surface area contributed by atoms with E-state index in [9.17, 15) is 4.39 Å². The van der Waals surface area contributed by atoms with Gasteiger partial charge in [0.1, 0.15) is 24.7 Å². The second-order valence-electron chi connectivity index (χ2n) is 6.81. The normalized spacial score (nSPS) is 18.9. The van der Waals surface area contributed by atoms with Crippen LogP contribution in [-0.4, -0.2) is 49.4 Å². The number of fused-ring (bicyclic) bond motifs is 1. The Hall–Kier alpha value is -2.28. The molecule has 1 atom stereocenters. The quantitative estimate of drug-likeness (QED) is 0.774. The third-order valence-corrected chi connectivity index (χ3v) is 4.90. The van der Waals surface area contributed by atoms with Crippen molar-refractivity contribution in [3.05, 3.63) is 41.7 Å². The second kappa shape index (κ2) is 6.92. The molecule has 0 saturated carbocycles. The first-order valence-corrected chi connectivity index (χ1v) is 8.84. The first-order chi connectivity index (χ1) is 12.2. The predicted octanol–water partition coefficient (Wildman–Crippen LogP) is 2.81. The van der Waals surface area contributed by atoms with Gasteiger partial charge >= 0.3 is 0 Å². The van der Waals surface area contributed by atoms with E-state index in [0.29, 0.717) is 12.5 Å². The molecule has 7 heteroatoms. The second-order valence-corrected chi connectivity index (χ2v) is 6.81. The summed E-state index contributed by atoms with van der Waals surface area (Å²) in [6.07, 6.45) is 3.76. The van der Waals surface area contributed by atoms with Gasteiger partial charge in [0.15, 0.2) is 0 Å². The van der Waals surface area contributed by atoms with Crippen LogP contribution in [-0.2, 0) is 13.1 Å². The lowest BCUT2D eigenvalue weighted by atomic mass is 9.97. The molecule has 0 unspecified atom stereocenters. The first kappa shape index (κ1) is 16.2. The minimum absolute atomic E-state index is 0.273. The number of likely N-dealkylation sites (tertiary alicyclic amines) is 1. The summed E-state index contributed by atoms with van der Waals surface area (Å²) in [6, 6.07) is 6.31. The van der Waals surface area contributed by atoms with E-state index in [2.05, 4.69) is 45.1 Å². The number of hydrogen-bond donors (Lipinski definition) is 1. The van der Waals surface area contributed by atoms with Gasteiger partial charge in [-0.3, -0.25) is 4.90 Å². The van der Waals surface area contributed by atoms with Gasteiger partial charge in [-0.1, -0.05) is 6.07 Å². The number of alkyl halides is 1. The molecule has 3 heterocycles. The number of hydrogen-bond acceptors (Lipinski definition) is 4. The highest BCUT2D eigenvalue weighted by molar-refractivity contribution is 5.75. The van der Waals surface area contributed by atoms with Gasteiger partial charge in [0.2, 0.25) is 0 Å². The van der Waals surface area contributed by atoms with Gasteiger partial charge in [-0.2, -0.15) is 5.10 Å². The zero-order chi connectivity index (χ0) is 17.2. The average Bonchev–Trinajstić information content (AvgIpc) is 3.22. The van der Waals surface area contributed by atoms with E-state index in [1.54, 1.807) is 4.68 Å². The van der Waals surface area contributed by atoms with E-state index in [0.717, 1.165) is 48.6 Å². The molecule has 1 aliphatic heterocycles. The van der Waals surface area contributed by atoms with E-state index >= 15 is 0 Å². The molecule has 0 radical (unpaired) electrons. The molecule has 1 aliphatic rings. The van der Waals surface area contributed by atoms with Crippen LogP contribution >= 0.6 is 0 Å². The third kappa shape index (κ3) is 3.42. The Morgan fingerprint density at radius 1 is 1.36 bits per heavy atom. The van der Waals surface area contributed by atoms with Crippen LogP contribution in [0.3, 0.4) is 0 Å². The topological polar surface area (TPSA) is 62.6 Å². The molecule has 4 rings (SSSR count). The largest absolute Gasteiger partial charge is 0.342 e. The van der Waals surface area contributed by atoms with E-state index in [-0.39, 0.29) is 6.54 Å². The van der Waals surface area contributed by atoms with Crippen molar-refractivity contribution in [3.63, 3.8) is 0 Å². The van der Waals surface area contributed by atoms with E-state index in [1.807, 2.05) is 0 Å². The van der Waals surface area contributed by atoms with Crippen molar-refractivity contribution < 1.29 is 4.39 Å². The SMILES string of the molecule is Cc1ccc2nc([C@H]3CCCN(Cc4ncnn4CCF)C3)[nH]c2c1. The number of nitrogens with one attached hydrogen (secondary N) is 1. The van der Waals surface area contributed by atoms with E-state index in [1.165, 1.54) is 11.9 Å². The lowest BCUT2D eigenvalue weighted by Gasteiger charge is -2.31. The van der Waals surface area contributed by atoms with Crippen LogP contribution in [0.2, 0.25) is 0 Å². The van der Waals surface area contributed by atoms with Crippen molar-refractivity contribution >= 4 is 11.0 Å². The number of rotatable bonds is 5. The van der Waals surface area contributed by atoms with Gasteiger partial charge in [0.25, 0.3) is 0 Å². The molecule has 25 heavy (non-hydrogen) atoms. The highest BCUT2D eigenvalue weighted by Crippen LogP contribution is 2.27. The fraction of sp³-hybridized carbons (Fsp3) is 0.500. The maximum absolute atomic E-state index is 12.6. The number of nitrogens with zero attached hydrogens (tertiary/aromatic N) is 5. The summed E-state index contributed by atoms with van der Waals surface area (Å²) in [6.45, 7) is 4.61. The smallest absolute Gasteiger partial charge is 0.141 e. The van der Waals surface area contributed by atoms with E-state index in [4.69, 9.17) is 4.98 Å². The molecule has 0 amide bonds. The Kier molecular flexibility index (Phi) is 4.48. The summed E-state index contributed by atoms with van der Waals surface area (Å²) in [7, 11) is 0. The maximum Gasteiger partial charge on any atom is 0.141 e. The zero-order valence-electron chi connectivity index (χ0n) is 14.5. The van der Waals surface area contributed by atoms with Crippen molar-refractivity contribution in [1.29, 1.82) is 0 Å². The summed E-state index contributed by atoms with van der Waals surface area (Å²) >= 11 is 0. The van der Waals surface area contributed by atoms with Crippen LogP contribution in [0.15, 0.2) is 24.5 Å². The molecule has 132 valence electrons. The van der Waals surface area contributed by atoms with Crippen molar-refractivity contribution in [3.8, 4) is 0 Å². The number of aryl methyl sites for hydroxylation is 2. The van der Waals surface area contributed by atoms with Crippen LogP contribution in [0.1, 0.15) is 36.0 Å². The fourth-order valence-electron chi connectivity index (χ4n) is 3.64. The van der Waals surface area contributed by atoms with Gasteiger partial charge < -0.3 is 4.98 Å². The Bertz CT molecular complexity index is 854. The van der Waals surface area contributed by atoms with Crippen molar-refractivity contribution in [2.24, 2.45) is 0 Å². The fourth-order valence-corrected chi connectivity index (χ4v) is 3.64. The summed E-state index contributed by atoms with van der Waals surface area (Å²) in [4.78, 5) is 14.9. The minimum Gasteiger partial charge on any atom is -0.342 e. The van der Waals surface area contributed by atoms with Gasteiger partial charge in [-0.15, -0.1) is 0 Å². The first-order valence-electron chi connectivity index (χ1n) is 8.84. The van der Waals surface area contributed by atoms with Crippen LogP contribution in [0.25, 0.3) is 11.0 Å². The Morgan fingerprint density at radius 3 is 3.16 bits per heavy atom. The number of halogens is 1. The summed E-state index contributed by atoms with van der Waals surface area (Å²) in [5.41, 5.74) is 3.37. The zero-order valence-corrected chi connectivity index (χ0v) is 14.5. The van der Waals surface area contributed by atoms with Crippen LogP contribution < -0.4 is 0 Å². The summed E-state index contributed by atoms with van der Waals surface area (Å²) < 4.78 is 14.3. The number of aromatic nitrogens is 5. The standard InChI is InChI=1S/C18H23FN6/c1-13-4-5-15-16(9-13)23-18(22-15)14-3-2-7-24(10-14)11-17-20-12-21-25(17)8-6-19/h4-5,9,12,14H,2-3,6-8,10-11H2,1H3,(H,22,23)/t14-/m0/s1. The Morgan fingerprint density at radius 2 is 2.28 bits per heavy atom. The molecule has 1 N–H and O–H groups in total. The third-order valence-electron chi connectivity index (χ3n) is 4.90. The lowest BCUT2D eigenvalue weighted by Crippen LogP contribution is -2.35. The number of piperidine rings is 1. The van der Waals surface area contributed by atoms with Gasteiger partial charge in [-0.05, 0) is 44.0 Å². The monoisotopic (exact) mass is 342 g/mol. The van der Waals surface area contributed by atoms with Gasteiger partial charge in [0.05, 0.1) is 24.1 Å².